The van der Waals surface area contributed by atoms with Gasteiger partial charge in [-0.25, -0.2) is 0 Å². The summed E-state index contributed by atoms with van der Waals surface area (Å²) in [6.45, 7) is 3.48. The van der Waals surface area contributed by atoms with Crippen LogP contribution in [0.4, 0.5) is 0 Å². The first kappa shape index (κ1) is 12.5. The third kappa shape index (κ3) is 3.81. The zero-order chi connectivity index (χ0) is 11.7. The van der Waals surface area contributed by atoms with E-state index in [4.69, 9.17) is 16.2 Å². The topological polar surface area (TPSA) is 54.4 Å². The normalized spacial score (nSPS) is 12.8. The molecular weight excluding hydrogens is 236 g/mol. The molecule has 1 N–H and O–H groups in total. The highest BCUT2D eigenvalue weighted by Gasteiger charge is 2.26. The Morgan fingerprint density at radius 3 is 2.47 bits per heavy atom. The molecule has 0 fully saturated rings. The SMILES string of the molecule is CC(C)(CS(=O)(=O)O)c1cccc(Cl)c1. The van der Waals surface area contributed by atoms with Crippen LogP contribution in [0.2, 0.25) is 5.02 Å². The maximum absolute atomic E-state index is 10.8. The molecule has 84 valence electrons. The summed E-state index contributed by atoms with van der Waals surface area (Å²) in [5.41, 5.74) is 0.131. The van der Waals surface area contributed by atoms with E-state index in [0.717, 1.165) is 5.56 Å². The molecule has 0 atom stereocenters. The van der Waals surface area contributed by atoms with E-state index in [-0.39, 0.29) is 5.75 Å². The maximum atomic E-state index is 10.8. The van der Waals surface area contributed by atoms with Crippen LogP contribution in [0.1, 0.15) is 19.4 Å². The van der Waals surface area contributed by atoms with Crippen molar-refractivity contribution in [1.29, 1.82) is 0 Å². The Morgan fingerprint density at radius 2 is 2.00 bits per heavy atom. The summed E-state index contributed by atoms with van der Waals surface area (Å²) < 4.78 is 30.5. The highest BCUT2D eigenvalue weighted by atomic mass is 35.5. The van der Waals surface area contributed by atoms with Crippen molar-refractivity contribution in [3.8, 4) is 0 Å². The van der Waals surface area contributed by atoms with Gasteiger partial charge in [-0.3, -0.25) is 4.55 Å². The average molecular weight is 249 g/mol. The van der Waals surface area contributed by atoms with E-state index in [1.54, 1.807) is 38.1 Å². The van der Waals surface area contributed by atoms with Crippen LogP contribution in [0.5, 0.6) is 0 Å². The molecule has 1 rings (SSSR count). The number of halogens is 1. The fourth-order valence-electron chi connectivity index (χ4n) is 1.45. The largest absolute Gasteiger partial charge is 0.286 e. The predicted octanol–water partition coefficient (Wildman–Crippen LogP) is 2.51. The molecule has 0 aliphatic heterocycles. The van der Waals surface area contributed by atoms with E-state index in [0.29, 0.717) is 5.02 Å². The van der Waals surface area contributed by atoms with E-state index in [1.165, 1.54) is 0 Å². The molecule has 0 unspecified atom stereocenters. The fourth-order valence-corrected chi connectivity index (χ4v) is 2.72. The standard InChI is InChI=1S/C10H13ClO3S/c1-10(2,7-15(12,13)14)8-4-3-5-9(11)6-8/h3-6H,7H2,1-2H3,(H,12,13,14). The van der Waals surface area contributed by atoms with Crippen molar-refractivity contribution in [2.45, 2.75) is 19.3 Å². The van der Waals surface area contributed by atoms with Gasteiger partial charge in [0.1, 0.15) is 0 Å². The molecule has 0 radical (unpaired) electrons. The highest BCUT2D eigenvalue weighted by Crippen LogP contribution is 2.26. The van der Waals surface area contributed by atoms with Gasteiger partial charge in [-0.15, -0.1) is 0 Å². The second-order valence-electron chi connectivity index (χ2n) is 4.12. The number of hydrogen-bond acceptors (Lipinski definition) is 2. The van der Waals surface area contributed by atoms with Crippen LogP contribution in [0.15, 0.2) is 24.3 Å². The molecule has 0 saturated carbocycles. The van der Waals surface area contributed by atoms with Crippen LogP contribution < -0.4 is 0 Å². The molecule has 5 heteroatoms. The number of rotatable bonds is 3. The Hall–Kier alpha value is -0.580. The summed E-state index contributed by atoms with van der Waals surface area (Å²) in [6.07, 6.45) is 0. The summed E-state index contributed by atoms with van der Waals surface area (Å²) >= 11 is 5.81. The van der Waals surface area contributed by atoms with E-state index in [1.807, 2.05) is 0 Å². The van der Waals surface area contributed by atoms with Crippen LogP contribution >= 0.6 is 11.6 Å². The van der Waals surface area contributed by atoms with Gasteiger partial charge in [0.25, 0.3) is 10.1 Å². The lowest BCUT2D eigenvalue weighted by atomic mass is 9.87. The third-order valence-electron chi connectivity index (χ3n) is 2.15. The molecule has 0 bridgehead atoms. The summed E-state index contributed by atoms with van der Waals surface area (Å²) in [5.74, 6) is -0.319. The molecule has 0 spiro atoms. The molecular formula is C10H13ClO3S. The molecule has 0 aliphatic carbocycles. The van der Waals surface area contributed by atoms with Gasteiger partial charge in [0.2, 0.25) is 0 Å². The quantitative estimate of drug-likeness (QED) is 0.837. The second-order valence-corrected chi connectivity index (χ2v) is 6.01. The van der Waals surface area contributed by atoms with Crippen molar-refractivity contribution < 1.29 is 13.0 Å². The van der Waals surface area contributed by atoms with Crippen molar-refractivity contribution in [2.24, 2.45) is 0 Å². The second kappa shape index (κ2) is 4.12. The molecule has 0 saturated heterocycles. The summed E-state index contributed by atoms with van der Waals surface area (Å²) in [6, 6.07) is 6.96. The lowest BCUT2D eigenvalue weighted by Gasteiger charge is -2.23. The molecule has 1 aromatic carbocycles. The average Bonchev–Trinajstić information content (AvgIpc) is 1.99. The Balaban J connectivity index is 3.06. The summed E-state index contributed by atoms with van der Waals surface area (Å²) in [4.78, 5) is 0. The minimum absolute atomic E-state index is 0.319. The number of benzene rings is 1. The molecule has 0 heterocycles. The highest BCUT2D eigenvalue weighted by molar-refractivity contribution is 7.85. The predicted molar refractivity (Wildman–Crippen MR) is 60.9 cm³/mol. The number of hydrogen-bond donors (Lipinski definition) is 1. The summed E-state index contributed by atoms with van der Waals surface area (Å²) in [5, 5.41) is 0.552. The lowest BCUT2D eigenvalue weighted by Crippen LogP contribution is -2.27. The van der Waals surface area contributed by atoms with Gasteiger partial charge in [0, 0.05) is 10.4 Å². The van der Waals surface area contributed by atoms with Crippen molar-refractivity contribution in [3.05, 3.63) is 34.9 Å². The Bertz CT molecular complexity index is 451. The van der Waals surface area contributed by atoms with E-state index >= 15 is 0 Å². The van der Waals surface area contributed by atoms with Crippen LogP contribution in [0.25, 0.3) is 0 Å². The van der Waals surface area contributed by atoms with Gasteiger partial charge < -0.3 is 0 Å². The van der Waals surface area contributed by atoms with Crippen LogP contribution in [-0.4, -0.2) is 18.7 Å². The van der Waals surface area contributed by atoms with Crippen LogP contribution in [0, 0.1) is 0 Å². The maximum Gasteiger partial charge on any atom is 0.265 e. The molecule has 0 amide bonds. The first-order valence-corrected chi connectivity index (χ1v) is 6.41. The zero-order valence-corrected chi connectivity index (χ0v) is 10.1. The van der Waals surface area contributed by atoms with Crippen molar-refractivity contribution in [2.75, 3.05) is 5.75 Å². The van der Waals surface area contributed by atoms with E-state index < -0.39 is 15.5 Å². The Labute approximate surface area is 94.8 Å². The molecule has 0 aliphatic rings. The smallest absolute Gasteiger partial charge is 0.265 e. The zero-order valence-electron chi connectivity index (χ0n) is 8.57. The van der Waals surface area contributed by atoms with Crippen molar-refractivity contribution in [3.63, 3.8) is 0 Å². The fraction of sp³-hybridized carbons (Fsp3) is 0.400. The van der Waals surface area contributed by atoms with Crippen molar-refractivity contribution >= 4 is 21.7 Å². The Kier molecular flexibility index (Phi) is 3.43. The first-order valence-electron chi connectivity index (χ1n) is 4.42. The van der Waals surface area contributed by atoms with E-state index in [9.17, 15) is 8.42 Å². The van der Waals surface area contributed by atoms with Gasteiger partial charge in [-0.05, 0) is 17.7 Å². The van der Waals surface area contributed by atoms with Crippen LogP contribution in [-0.2, 0) is 15.5 Å². The van der Waals surface area contributed by atoms with Gasteiger partial charge >= 0.3 is 0 Å². The third-order valence-corrected chi connectivity index (χ3v) is 3.47. The van der Waals surface area contributed by atoms with Gasteiger partial charge in [-0.1, -0.05) is 37.6 Å². The minimum Gasteiger partial charge on any atom is -0.286 e. The lowest BCUT2D eigenvalue weighted by molar-refractivity contribution is 0.460. The Morgan fingerprint density at radius 1 is 1.40 bits per heavy atom. The van der Waals surface area contributed by atoms with Crippen molar-refractivity contribution in [1.82, 2.24) is 0 Å². The molecule has 0 aromatic heterocycles. The van der Waals surface area contributed by atoms with Gasteiger partial charge in [0.05, 0.1) is 5.75 Å². The summed E-state index contributed by atoms with van der Waals surface area (Å²) in [7, 11) is -3.99. The first-order chi connectivity index (χ1) is 6.71. The molecule has 1 aromatic rings. The monoisotopic (exact) mass is 248 g/mol. The van der Waals surface area contributed by atoms with Gasteiger partial charge in [0.15, 0.2) is 0 Å². The molecule has 3 nitrogen and oxygen atoms in total. The molecule has 15 heavy (non-hydrogen) atoms. The van der Waals surface area contributed by atoms with E-state index in [2.05, 4.69) is 0 Å². The minimum atomic E-state index is -3.99. The van der Waals surface area contributed by atoms with Crippen LogP contribution in [0.3, 0.4) is 0 Å². The van der Waals surface area contributed by atoms with Gasteiger partial charge in [-0.2, -0.15) is 8.42 Å².